The van der Waals surface area contributed by atoms with Gasteiger partial charge in [-0.25, -0.2) is 0 Å². The molecule has 2 amide bonds. The number of hydrogen-bond acceptors (Lipinski definition) is 5. The number of hydrogen-bond donors (Lipinski definition) is 1. The van der Waals surface area contributed by atoms with E-state index in [1.807, 2.05) is 74.4 Å². The van der Waals surface area contributed by atoms with Crippen molar-refractivity contribution in [3.05, 3.63) is 65.4 Å². The Hall–Kier alpha value is -3.12. The van der Waals surface area contributed by atoms with Gasteiger partial charge in [-0.15, -0.1) is 0 Å². The van der Waals surface area contributed by atoms with Crippen LogP contribution in [0.5, 0.6) is 0 Å². The summed E-state index contributed by atoms with van der Waals surface area (Å²) < 4.78 is 5.06. The second-order valence-electron chi connectivity index (χ2n) is 6.94. The number of nitrogens with one attached hydrogen (secondary N) is 1. The van der Waals surface area contributed by atoms with E-state index >= 15 is 0 Å². The predicted octanol–water partition coefficient (Wildman–Crippen LogP) is 2.90. The molecule has 0 aromatic heterocycles. The third kappa shape index (κ3) is 3.92. The Balaban J connectivity index is 1.98. The van der Waals surface area contributed by atoms with Gasteiger partial charge in [0.25, 0.3) is 11.8 Å². The van der Waals surface area contributed by atoms with Gasteiger partial charge < -0.3 is 15.0 Å². The molecule has 1 heterocycles. The summed E-state index contributed by atoms with van der Waals surface area (Å²) in [7, 11) is 5.48. The minimum atomic E-state index is -0.339. The fourth-order valence-corrected chi connectivity index (χ4v) is 3.05. The van der Waals surface area contributed by atoms with Crippen LogP contribution in [-0.4, -0.2) is 51.1 Å². The number of benzene rings is 2. The maximum atomic E-state index is 13.0. The number of imide groups is 1. The van der Waals surface area contributed by atoms with Crippen molar-refractivity contribution in [1.29, 1.82) is 0 Å². The van der Waals surface area contributed by atoms with Crippen molar-refractivity contribution >= 4 is 28.8 Å². The molecule has 1 aliphatic heterocycles. The summed E-state index contributed by atoms with van der Waals surface area (Å²) in [5.74, 6) is -0.646. The van der Waals surface area contributed by atoms with Crippen LogP contribution in [0.25, 0.3) is 5.57 Å². The molecule has 0 radical (unpaired) electrons. The molecule has 2 aromatic carbocycles. The molecule has 3 rings (SSSR count). The zero-order chi connectivity index (χ0) is 20.3. The molecule has 6 nitrogen and oxygen atoms in total. The molecule has 0 saturated carbocycles. The number of carbonyl (C=O) groups excluding carboxylic acids is 2. The minimum absolute atomic E-state index is 0.217. The van der Waals surface area contributed by atoms with Gasteiger partial charge in [-0.05, 0) is 36.8 Å². The van der Waals surface area contributed by atoms with Gasteiger partial charge in [-0.3, -0.25) is 14.5 Å². The van der Waals surface area contributed by atoms with E-state index in [1.54, 1.807) is 7.11 Å². The zero-order valence-electron chi connectivity index (χ0n) is 16.7. The van der Waals surface area contributed by atoms with E-state index in [4.69, 9.17) is 4.74 Å². The first-order valence-electron chi connectivity index (χ1n) is 9.13. The first kappa shape index (κ1) is 19.6. The lowest BCUT2D eigenvalue weighted by Gasteiger charge is -2.15. The lowest BCUT2D eigenvalue weighted by molar-refractivity contribution is -0.137. The molecule has 0 unspecified atom stereocenters. The Kier molecular flexibility index (Phi) is 5.80. The number of anilines is 2. The van der Waals surface area contributed by atoms with Gasteiger partial charge in [0, 0.05) is 32.6 Å². The van der Waals surface area contributed by atoms with Crippen LogP contribution in [0, 0.1) is 6.92 Å². The van der Waals surface area contributed by atoms with Crippen LogP contribution in [0.3, 0.4) is 0 Å². The third-order valence-corrected chi connectivity index (χ3v) is 4.68. The molecule has 146 valence electrons. The topological polar surface area (TPSA) is 61.9 Å². The van der Waals surface area contributed by atoms with Gasteiger partial charge in [0.05, 0.1) is 18.7 Å². The quantitative estimate of drug-likeness (QED) is 0.750. The number of nitrogens with zero attached hydrogens (tertiary/aromatic N) is 2. The number of amides is 2. The van der Waals surface area contributed by atoms with Crippen LogP contribution < -0.4 is 10.2 Å². The highest BCUT2D eigenvalue weighted by Crippen LogP contribution is 2.31. The smallest absolute Gasteiger partial charge is 0.278 e. The minimum Gasteiger partial charge on any atom is -0.383 e. The molecule has 1 N–H and O–H groups in total. The van der Waals surface area contributed by atoms with Crippen LogP contribution in [0.2, 0.25) is 0 Å². The molecule has 0 atom stereocenters. The van der Waals surface area contributed by atoms with Gasteiger partial charge in [-0.1, -0.05) is 29.8 Å². The average molecular weight is 379 g/mol. The standard InChI is InChI=1S/C22H25N3O3/c1-15-5-7-16(8-6-15)19-20(22(27)25(21(19)26)13-14-28-4)23-17-9-11-18(12-10-17)24(2)3/h5-12,23H,13-14H2,1-4H3. The average Bonchev–Trinajstić information content (AvgIpc) is 2.91. The molecule has 0 saturated heterocycles. The van der Waals surface area contributed by atoms with E-state index in [-0.39, 0.29) is 18.4 Å². The van der Waals surface area contributed by atoms with E-state index in [2.05, 4.69) is 5.32 Å². The number of methoxy groups -OCH3 is 1. The maximum Gasteiger partial charge on any atom is 0.278 e. The van der Waals surface area contributed by atoms with Crippen LogP contribution in [-0.2, 0) is 14.3 Å². The van der Waals surface area contributed by atoms with E-state index in [0.717, 1.165) is 22.5 Å². The summed E-state index contributed by atoms with van der Waals surface area (Å²) in [5, 5.41) is 3.17. The predicted molar refractivity (Wildman–Crippen MR) is 111 cm³/mol. The van der Waals surface area contributed by atoms with Crippen molar-refractivity contribution in [2.75, 3.05) is 44.6 Å². The van der Waals surface area contributed by atoms with Crippen molar-refractivity contribution in [2.45, 2.75) is 6.92 Å². The Morgan fingerprint density at radius 1 is 0.964 bits per heavy atom. The molecule has 6 heteroatoms. The van der Waals surface area contributed by atoms with Gasteiger partial charge in [0.1, 0.15) is 5.70 Å². The highest BCUT2D eigenvalue weighted by Gasteiger charge is 2.38. The molecular weight excluding hydrogens is 354 g/mol. The molecule has 28 heavy (non-hydrogen) atoms. The highest BCUT2D eigenvalue weighted by atomic mass is 16.5. The summed E-state index contributed by atoms with van der Waals surface area (Å²) in [4.78, 5) is 29.2. The Bertz CT molecular complexity index is 900. The Labute approximate surface area is 165 Å². The molecule has 0 fully saturated rings. The summed E-state index contributed by atoms with van der Waals surface area (Å²) in [5.41, 5.74) is 4.29. The molecule has 0 spiro atoms. The number of aryl methyl sites for hydroxylation is 1. The molecule has 0 aliphatic carbocycles. The fourth-order valence-electron chi connectivity index (χ4n) is 3.05. The van der Waals surface area contributed by atoms with E-state index in [1.165, 1.54) is 4.90 Å². The van der Waals surface area contributed by atoms with Crippen molar-refractivity contribution < 1.29 is 14.3 Å². The SMILES string of the molecule is COCCN1C(=O)C(Nc2ccc(N(C)C)cc2)=C(c2ccc(C)cc2)C1=O. The first-order valence-corrected chi connectivity index (χ1v) is 9.13. The van der Waals surface area contributed by atoms with Gasteiger partial charge in [0.15, 0.2) is 0 Å². The van der Waals surface area contributed by atoms with Gasteiger partial charge in [-0.2, -0.15) is 0 Å². The van der Waals surface area contributed by atoms with Crippen LogP contribution in [0.1, 0.15) is 11.1 Å². The van der Waals surface area contributed by atoms with Gasteiger partial charge in [0.2, 0.25) is 0 Å². The van der Waals surface area contributed by atoms with Gasteiger partial charge >= 0.3 is 0 Å². The van der Waals surface area contributed by atoms with E-state index in [9.17, 15) is 9.59 Å². The van der Waals surface area contributed by atoms with E-state index < -0.39 is 0 Å². The maximum absolute atomic E-state index is 13.0. The van der Waals surface area contributed by atoms with Crippen molar-refractivity contribution in [2.24, 2.45) is 0 Å². The van der Waals surface area contributed by atoms with Crippen molar-refractivity contribution in [3.8, 4) is 0 Å². The van der Waals surface area contributed by atoms with Crippen LogP contribution >= 0.6 is 0 Å². The number of carbonyl (C=O) groups is 2. The third-order valence-electron chi connectivity index (χ3n) is 4.68. The summed E-state index contributed by atoms with van der Waals surface area (Å²) in [6.07, 6.45) is 0. The van der Waals surface area contributed by atoms with Crippen LogP contribution in [0.15, 0.2) is 54.2 Å². The monoisotopic (exact) mass is 379 g/mol. The molecular formula is C22H25N3O3. The van der Waals surface area contributed by atoms with Crippen molar-refractivity contribution in [1.82, 2.24) is 4.90 Å². The Morgan fingerprint density at radius 2 is 1.61 bits per heavy atom. The lowest BCUT2D eigenvalue weighted by Crippen LogP contribution is -2.35. The Morgan fingerprint density at radius 3 is 2.18 bits per heavy atom. The molecule has 2 aromatic rings. The second kappa shape index (κ2) is 8.27. The fraction of sp³-hybridized carbons (Fsp3) is 0.273. The summed E-state index contributed by atoms with van der Waals surface area (Å²) in [6, 6.07) is 15.3. The second-order valence-corrected chi connectivity index (χ2v) is 6.94. The lowest BCUT2D eigenvalue weighted by atomic mass is 10.0. The summed E-state index contributed by atoms with van der Waals surface area (Å²) >= 11 is 0. The number of ether oxygens (including phenoxy) is 1. The largest absolute Gasteiger partial charge is 0.383 e. The van der Waals surface area contributed by atoms with Crippen LogP contribution in [0.4, 0.5) is 11.4 Å². The molecule has 1 aliphatic rings. The summed E-state index contributed by atoms with van der Waals surface area (Å²) in [6.45, 7) is 2.49. The first-order chi connectivity index (χ1) is 13.4. The van der Waals surface area contributed by atoms with Crippen molar-refractivity contribution in [3.63, 3.8) is 0 Å². The normalized spacial score (nSPS) is 14.1. The zero-order valence-corrected chi connectivity index (χ0v) is 16.7. The highest BCUT2D eigenvalue weighted by molar-refractivity contribution is 6.36. The molecule has 0 bridgehead atoms. The number of rotatable bonds is 7. The van der Waals surface area contributed by atoms with E-state index in [0.29, 0.717) is 17.9 Å².